The van der Waals surface area contributed by atoms with E-state index < -0.39 is 0 Å². The second-order valence-corrected chi connectivity index (χ2v) is 7.16. The summed E-state index contributed by atoms with van der Waals surface area (Å²) in [7, 11) is 0. The molecule has 0 bridgehead atoms. The van der Waals surface area contributed by atoms with Gasteiger partial charge in [0.2, 0.25) is 0 Å². The Hall–Kier alpha value is -2.83. The predicted molar refractivity (Wildman–Crippen MR) is 106 cm³/mol. The van der Waals surface area contributed by atoms with Crippen molar-refractivity contribution in [3.63, 3.8) is 0 Å². The Labute approximate surface area is 163 Å². The summed E-state index contributed by atoms with van der Waals surface area (Å²) in [6, 6.07) is 13.0. The second kappa shape index (κ2) is 7.66. The van der Waals surface area contributed by atoms with Gasteiger partial charge < -0.3 is 11.1 Å². The number of fused-ring (bicyclic) bond motifs is 1. The Morgan fingerprint density at radius 2 is 2.14 bits per heavy atom. The molecule has 3 aromatic rings. The minimum Gasteiger partial charge on any atom is -0.326 e. The van der Waals surface area contributed by atoms with E-state index in [2.05, 4.69) is 10.4 Å². The molecule has 1 aliphatic rings. The number of halogens is 1. The molecule has 6 heteroatoms. The lowest BCUT2D eigenvalue weighted by Crippen LogP contribution is -2.25. The first-order valence-corrected chi connectivity index (χ1v) is 9.46. The summed E-state index contributed by atoms with van der Waals surface area (Å²) in [5.74, 6) is -0.410. The first-order valence-electron chi connectivity index (χ1n) is 9.46. The van der Waals surface area contributed by atoms with Gasteiger partial charge in [-0.25, -0.2) is 9.07 Å². The molecule has 0 spiro atoms. The van der Waals surface area contributed by atoms with Crippen LogP contribution in [0.15, 0.2) is 42.5 Å². The number of hydrogen-bond acceptors (Lipinski definition) is 4. The molecule has 0 unspecified atom stereocenters. The highest BCUT2D eigenvalue weighted by Gasteiger charge is 2.21. The number of aryl methyl sites for hydroxylation is 1. The molecule has 2 heterocycles. The van der Waals surface area contributed by atoms with E-state index in [0.29, 0.717) is 30.8 Å². The van der Waals surface area contributed by atoms with Crippen LogP contribution >= 0.6 is 0 Å². The Balaban J connectivity index is 1.66. The van der Waals surface area contributed by atoms with Gasteiger partial charge in [0.25, 0.3) is 0 Å². The minimum absolute atomic E-state index is 0.00819. The van der Waals surface area contributed by atoms with Crippen LogP contribution in [0.3, 0.4) is 0 Å². The molecule has 144 valence electrons. The van der Waals surface area contributed by atoms with E-state index in [1.807, 2.05) is 37.3 Å². The zero-order chi connectivity index (χ0) is 19.7. The molecular formula is C22H23FN4O. The molecule has 0 fully saturated rings. The van der Waals surface area contributed by atoms with E-state index in [-0.39, 0.29) is 18.0 Å². The van der Waals surface area contributed by atoms with Crippen LogP contribution < -0.4 is 11.1 Å². The fourth-order valence-electron chi connectivity index (χ4n) is 3.69. The van der Waals surface area contributed by atoms with Gasteiger partial charge in [-0.2, -0.15) is 5.10 Å². The first kappa shape index (κ1) is 18.5. The molecule has 4 rings (SSSR count). The first-order chi connectivity index (χ1) is 13.6. The molecule has 0 atom stereocenters. The van der Waals surface area contributed by atoms with Crippen molar-refractivity contribution >= 4 is 5.78 Å². The molecule has 3 N–H and O–H groups in total. The maximum Gasteiger partial charge on any atom is 0.185 e. The third-order valence-electron chi connectivity index (χ3n) is 5.15. The van der Waals surface area contributed by atoms with Gasteiger partial charge >= 0.3 is 0 Å². The van der Waals surface area contributed by atoms with Crippen LogP contribution in [0.4, 0.5) is 4.39 Å². The number of nitrogens with two attached hydrogens (primary N) is 1. The van der Waals surface area contributed by atoms with Crippen molar-refractivity contribution in [3.8, 4) is 5.69 Å². The van der Waals surface area contributed by atoms with Crippen molar-refractivity contribution in [1.82, 2.24) is 15.1 Å². The monoisotopic (exact) mass is 378 g/mol. The van der Waals surface area contributed by atoms with E-state index in [0.717, 1.165) is 34.6 Å². The van der Waals surface area contributed by atoms with Crippen molar-refractivity contribution in [2.45, 2.75) is 32.9 Å². The number of benzene rings is 2. The highest BCUT2D eigenvalue weighted by molar-refractivity contribution is 5.96. The number of Topliss-reactive ketones (excluding diaryl/α,β-unsaturated/α-hetero) is 1. The van der Waals surface area contributed by atoms with Crippen LogP contribution in [0.1, 0.15) is 38.4 Å². The van der Waals surface area contributed by atoms with Crippen LogP contribution in [0, 0.1) is 12.7 Å². The zero-order valence-corrected chi connectivity index (χ0v) is 15.8. The number of carbonyl (C=O) groups is 1. The largest absolute Gasteiger partial charge is 0.326 e. The average molecular weight is 378 g/mol. The SMILES string of the molecule is Cc1cc(C(=O)Cc2ccc3c(c2F)CCNC3)n(-c2cccc(CN)c2)n1. The normalized spacial score (nSPS) is 13.4. The van der Waals surface area contributed by atoms with Crippen LogP contribution in [0.25, 0.3) is 5.69 Å². The molecule has 0 aliphatic carbocycles. The lowest BCUT2D eigenvalue weighted by atomic mass is 9.95. The van der Waals surface area contributed by atoms with Crippen LogP contribution in [-0.2, 0) is 25.9 Å². The maximum atomic E-state index is 14.9. The minimum atomic E-state index is -0.250. The van der Waals surface area contributed by atoms with Gasteiger partial charge in [-0.1, -0.05) is 24.3 Å². The molecule has 0 amide bonds. The maximum absolute atomic E-state index is 14.9. The fraction of sp³-hybridized carbons (Fsp3) is 0.273. The predicted octanol–water partition coefficient (Wildman–Crippen LogP) is 2.85. The summed E-state index contributed by atoms with van der Waals surface area (Å²) < 4.78 is 16.6. The lowest BCUT2D eigenvalue weighted by Gasteiger charge is -2.19. The third kappa shape index (κ3) is 3.48. The van der Waals surface area contributed by atoms with E-state index in [1.54, 1.807) is 16.8 Å². The molecule has 0 radical (unpaired) electrons. The van der Waals surface area contributed by atoms with Gasteiger partial charge in [0.05, 0.1) is 11.4 Å². The summed E-state index contributed by atoms with van der Waals surface area (Å²) in [5.41, 5.74) is 10.8. The number of aromatic nitrogens is 2. The highest BCUT2D eigenvalue weighted by atomic mass is 19.1. The quantitative estimate of drug-likeness (QED) is 0.670. The van der Waals surface area contributed by atoms with Crippen molar-refractivity contribution in [3.05, 3.63) is 81.9 Å². The van der Waals surface area contributed by atoms with Crippen molar-refractivity contribution in [1.29, 1.82) is 0 Å². The summed E-state index contributed by atoms with van der Waals surface area (Å²) in [4.78, 5) is 13.0. The molecule has 1 aliphatic heterocycles. The van der Waals surface area contributed by atoms with Crippen LogP contribution in [0.5, 0.6) is 0 Å². The van der Waals surface area contributed by atoms with E-state index in [1.165, 1.54) is 0 Å². The lowest BCUT2D eigenvalue weighted by molar-refractivity contribution is 0.0984. The molecule has 5 nitrogen and oxygen atoms in total. The number of hydrogen-bond donors (Lipinski definition) is 2. The summed E-state index contributed by atoms with van der Waals surface area (Å²) >= 11 is 0. The van der Waals surface area contributed by atoms with Crippen LogP contribution in [-0.4, -0.2) is 22.1 Å². The Morgan fingerprint density at radius 3 is 2.96 bits per heavy atom. The molecule has 0 saturated carbocycles. The second-order valence-electron chi connectivity index (χ2n) is 7.16. The van der Waals surface area contributed by atoms with Crippen molar-refractivity contribution in [2.75, 3.05) is 6.54 Å². The summed E-state index contributed by atoms with van der Waals surface area (Å²) in [6.07, 6.45) is 0.653. The standard InChI is InChI=1S/C22H23FN4O/c1-14-9-20(27(26-14)18-4-2-3-15(10-18)12-24)21(28)11-16-5-6-17-13-25-8-7-19(17)22(16)23/h2-6,9-10,25H,7-8,11-13,24H2,1H3. The summed E-state index contributed by atoms with van der Waals surface area (Å²) in [5, 5.41) is 7.70. The van der Waals surface area contributed by atoms with Gasteiger partial charge in [-0.05, 0) is 60.3 Å². The Kier molecular flexibility index (Phi) is 5.07. The molecule has 1 aromatic heterocycles. The topological polar surface area (TPSA) is 72.9 Å². The van der Waals surface area contributed by atoms with Gasteiger partial charge in [-0.3, -0.25) is 4.79 Å². The van der Waals surface area contributed by atoms with E-state index >= 15 is 0 Å². The Bertz CT molecular complexity index is 1040. The number of nitrogens with zero attached hydrogens (tertiary/aromatic N) is 2. The molecule has 28 heavy (non-hydrogen) atoms. The number of carbonyl (C=O) groups excluding carboxylic acids is 1. The highest BCUT2D eigenvalue weighted by Crippen LogP contribution is 2.23. The smallest absolute Gasteiger partial charge is 0.185 e. The molecule has 0 saturated heterocycles. The number of ketones is 1. The zero-order valence-electron chi connectivity index (χ0n) is 15.8. The number of nitrogens with one attached hydrogen (secondary N) is 1. The van der Waals surface area contributed by atoms with Crippen molar-refractivity contribution in [2.24, 2.45) is 5.73 Å². The van der Waals surface area contributed by atoms with Crippen molar-refractivity contribution < 1.29 is 9.18 Å². The average Bonchev–Trinajstić information content (AvgIpc) is 3.12. The molecule has 2 aromatic carbocycles. The van der Waals surface area contributed by atoms with Gasteiger partial charge in [0, 0.05) is 19.5 Å². The van der Waals surface area contributed by atoms with E-state index in [4.69, 9.17) is 5.73 Å². The van der Waals surface area contributed by atoms with E-state index in [9.17, 15) is 9.18 Å². The number of rotatable bonds is 5. The molecular weight excluding hydrogens is 355 g/mol. The van der Waals surface area contributed by atoms with Crippen LogP contribution in [0.2, 0.25) is 0 Å². The van der Waals surface area contributed by atoms with Gasteiger partial charge in [0.1, 0.15) is 11.5 Å². The summed E-state index contributed by atoms with van der Waals surface area (Å²) in [6.45, 7) is 3.67. The van der Waals surface area contributed by atoms with Gasteiger partial charge in [0.15, 0.2) is 5.78 Å². The Morgan fingerprint density at radius 1 is 1.29 bits per heavy atom. The fourth-order valence-corrected chi connectivity index (χ4v) is 3.69. The third-order valence-corrected chi connectivity index (χ3v) is 5.15. The van der Waals surface area contributed by atoms with Gasteiger partial charge in [-0.15, -0.1) is 0 Å².